The van der Waals surface area contributed by atoms with E-state index in [2.05, 4.69) is 30.9 Å². The molecule has 16 heavy (non-hydrogen) atoms. The van der Waals surface area contributed by atoms with Crippen molar-refractivity contribution in [3.05, 3.63) is 35.4 Å². The topological polar surface area (TPSA) is 50.8 Å². The highest BCUT2D eigenvalue weighted by molar-refractivity contribution is 5.31. The third kappa shape index (κ3) is 3.38. The molecule has 0 spiro atoms. The van der Waals surface area contributed by atoms with Crippen molar-refractivity contribution in [2.75, 3.05) is 6.54 Å². The molecule has 0 atom stereocenters. The van der Waals surface area contributed by atoms with Gasteiger partial charge >= 0.3 is 0 Å². The van der Waals surface area contributed by atoms with Crippen LogP contribution in [0.5, 0.6) is 0 Å². The van der Waals surface area contributed by atoms with E-state index in [0.717, 1.165) is 12.1 Å². The van der Waals surface area contributed by atoms with E-state index >= 15 is 0 Å². The summed E-state index contributed by atoms with van der Waals surface area (Å²) in [6, 6.07) is 12.1. The quantitative estimate of drug-likeness (QED) is 0.721. The van der Waals surface area contributed by atoms with Gasteiger partial charge in [0.1, 0.15) is 0 Å². The van der Waals surface area contributed by atoms with Gasteiger partial charge in [0.25, 0.3) is 0 Å². The number of rotatable bonds is 4. The van der Waals surface area contributed by atoms with Crippen LogP contribution in [0.15, 0.2) is 24.3 Å². The second-order valence-corrected chi connectivity index (χ2v) is 3.97. The third-order valence-corrected chi connectivity index (χ3v) is 2.47. The van der Waals surface area contributed by atoms with Gasteiger partial charge in [-0.15, -0.1) is 0 Å². The van der Waals surface area contributed by atoms with Gasteiger partial charge in [-0.1, -0.05) is 12.1 Å². The zero-order valence-electron chi connectivity index (χ0n) is 9.64. The fourth-order valence-electron chi connectivity index (χ4n) is 1.43. The number of nitrogens with zero attached hydrogens (tertiary/aromatic N) is 3. The van der Waals surface area contributed by atoms with Crippen molar-refractivity contribution in [2.24, 2.45) is 0 Å². The summed E-state index contributed by atoms with van der Waals surface area (Å²) in [6.45, 7) is 5.32. The molecule has 0 aliphatic rings. The molecule has 0 radical (unpaired) electrons. The van der Waals surface area contributed by atoms with E-state index in [0.29, 0.717) is 18.2 Å². The third-order valence-electron chi connectivity index (χ3n) is 2.47. The highest BCUT2D eigenvalue weighted by atomic mass is 15.1. The molecule has 0 heterocycles. The lowest BCUT2D eigenvalue weighted by Crippen LogP contribution is -2.30. The first kappa shape index (κ1) is 12.2. The maximum atomic E-state index is 8.71. The van der Waals surface area contributed by atoms with Gasteiger partial charge in [-0.3, -0.25) is 4.90 Å². The average Bonchev–Trinajstić information content (AvgIpc) is 2.29. The van der Waals surface area contributed by atoms with Crippen molar-refractivity contribution in [3.8, 4) is 12.1 Å². The van der Waals surface area contributed by atoms with Crippen LogP contribution in [0.25, 0.3) is 0 Å². The normalized spacial score (nSPS) is 10.1. The van der Waals surface area contributed by atoms with Crippen LogP contribution in [0.1, 0.15) is 25.0 Å². The van der Waals surface area contributed by atoms with Crippen LogP contribution < -0.4 is 0 Å². The molecular formula is C13H15N3. The Balaban J connectivity index is 2.71. The Morgan fingerprint density at radius 1 is 1.19 bits per heavy atom. The molecule has 0 unspecified atom stereocenters. The van der Waals surface area contributed by atoms with Crippen LogP contribution in [-0.4, -0.2) is 17.5 Å². The first-order valence-electron chi connectivity index (χ1n) is 5.27. The van der Waals surface area contributed by atoms with Crippen molar-refractivity contribution < 1.29 is 0 Å². The van der Waals surface area contributed by atoms with Crippen LogP contribution >= 0.6 is 0 Å². The summed E-state index contributed by atoms with van der Waals surface area (Å²) < 4.78 is 0. The maximum absolute atomic E-state index is 8.71. The minimum Gasteiger partial charge on any atom is -0.284 e. The Morgan fingerprint density at radius 2 is 1.81 bits per heavy atom. The largest absolute Gasteiger partial charge is 0.284 e. The molecular weight excluding hydrogens is 198 g/mol. The Bertz CT molecular complexity index is 406. The Hall–Kier alpha value is -1.84. The molecule has 0 amide bonds. The van der Waals surface area contributed by atoms with Gasteiger partial charge in [-0.05, 0) is 31.5 Å². The molecule has 1 aromatic carbocycles. The molecule has 0 saturated carbocycles. The first-order valence-corrected chi connectivity index (χ1v) is 5.27. The molecule has 0 N–H and O–H groups in total. The second-order valence-electron chi connectivity index (χ2n) is 3.97. The van der Waals surface area contributed by atoms with E-state index in [4.69, 9.17) is 10.5 Å². The van der Waals surface area contributed by atoms with Gasteiger partial charge in [0, 0.05) is 12.6 Å². The Kier molecular flexibility index (Phi) is 4.51. The van der Waals surface area contributed by atoms with E-state index in [9.17, 15) is 0 Å². The molecule has 0 fully saturated rings. The van der Waals surface area contributed by atoms with Crippen molar-refractivity contribution >= 4 is 0 Å². The van der Waals surface area contributed by atoms with Gasteiger partial charge in [0.05, 0.1) is 24.2 Å². The molecule has 0 aromatic heterocycles. The number of benzene rings is 1. The van der Waals surface area contributed by atoms with Crippen molar-refractivity contribution in [2.45, 2.75) is 26.4 Å². The van der Waals surface area contributed by atoms with E-state index in [-0.39, 0.29) is 0 Å². The van der Waals surface area contributed by atoms with Crippen LogP contribution in [-0.2, 0) is 6.54 Å². The number of nitriles is 2. The SMILES string of the molecule is CC(C)N(CC#N)Cc1ccc(C#N)cc1. The summed E-state index contributed by atoms with van der Waals surface area (Å²) in [7, 11) is 0. The van der Waals surface area contributed by atoms with Crippen LogP contribution in [0, 0.1) is 22.7 Å². The first-order chi connectivity index (χ1) is 7.67. The number of hydrogen-bond donors (Lipinski definition) is 0. The van der Waals surface area contributed by atoms with Gasteiger partial charge < -0.3 is 0 Å². The van der Waals surface area contributed by atoms with E-state index in [1.165, 1.54) is 0 Å². The standard InChI is InChI=1S/C13H15N3/c1-11(2)16(8-7-14)10-13-5-3-12(9-15)4-6-13/h3-6,11H,8,10H2,1-2H3. The van der Waals surface area contributed by atoms with Crippen molar-refractivity contribution in [1.29, 1.82) is 10.5 Å². The fourth-order valence-corrected chi connectivity index (χ4v) is 1.43. The van der Waals surface area contributed by atoms with Crippen molar-refractivity contribution in [3.63, 3.8) is 0 Å². The Morgan fingerprint density at radius 3 is 2.25 bits per heavy atom. The van der Waals surface area contributed by atoms with Crippen LogP contribution in [0.2, 0.25) is 0 Å². The Labute approximate surface area is 96.5 Å². The lowest BCUT2D eigenvalue weighted by Gasteiger charge is -2.23. The molecule has 1 rings (SSSR count). The molecule has 0 saturated heterocycles. The minimum atomic E-state index is 0.343. The molecule has 0 aliphatic heterocycles. The summed E-state index contributed by atoms with van der Waals surface area (Å²) in [4.78, 5) is 2.08. The predicted molar refractivity (Wildman–Crippen MR) is 62.3 cm³/mol. The van der Waals surface area contributed by atoms with Gasteiger partial charge in [-0.25, -0.2) is 0 Å². The van der Waals surface area contributed by atoms with E-state index in [1.54, 1.807) is 12.1 Å². The van der Waals surface area contributed by atoms with Gasteiger partial charge in [0.2, 0.25) is 0 Å². The average molecular weight is 213 g/mol. The van der Waals surface area contributed by atoms with E-state index in [1.807, 2.05) is 12.1 Å². The minimum absolute atomic E-state index is 0.343. The molecule has 0 bridgehead atoms. The van der Waals surface area contributed by atoms with Gasteiger partial charge in [-0.2, -0.15) is 10.5 Å². The fraction of sp³-hybridized carbons (Fsp3) is 0.385. The lowest BCUT2D eigenvalue weighted by molar-refractivity contribution is 0.240. The number of hydrogen-bond acceptors (Lipinski definition) is 3. The maximum Gasteiger partial charge on any atom is 0.0991 e. The molecule has 82 valence electrons. The molecule has 0 aliphatic carbocycles. The molecule has 1 aromatic rings. The lowest BCUT2D eigenvalue weighted by atomic mass is 10.1. The predicted octanol–water partition coefficient (Wildman–Crippen LogP) is 2.29. The smallest absolute Gasteiger partial charge is 0.0991 e. The van der Waals surface area contributed by atoms with Crippen LogP contribution in [0.4, 0.5) is 0 Å². The summed E-state index contributed by atoms with van der Waals surface area (Å²) in [5, 5.41) is 17.4. The summed E-state index contributed by atoms with van der Waals surface area (Å²) >= 11 is 0. The zero-order chi connectivity index (χ0) is 12.0. The van der Waals surface area contributed by atoms with Gasteiger partial charge in [0.15, 0.2) is 0 Å². The van der Waals surface area contributed by atoms with Crippen LogP contribution in [0.3, 0.4) is 0 Å². The second kappa shape index (κ2) is 5.90. The van der Waals surface area contributed by atoms with Crippen molar-refractivity contribution in [1.82, 2.24) is 4.90 Å². The summed E-state index contributed by atoms with van der Waals surface area (Å²) in [5.74, 6) is 0. The highest BCUT2D eigenvalue weighted by Gasteiger charge is 2.09. The summed E-state index contributed by atoms with van der Waals surface area (Å²) in [6.07, 6.45) is 0. The monoisotopic (exact) mass is 213 g/mol. The van der Waals surface area contributed by atoms with E-state index < -0.39 is 0 Å². The zero-order valence-corrected chi connectivity index (χ0v) is 9.64. The molecule has 3 nitrogen and oxygen atoms in total. The highest BCUT2D eigenvalue weighted by Crippen LogP contribution is 2.09. The summed E-state index contributed by atoms with van der Waals surface area (Å²) in [5.41, 5.74) is 1.79. The molecule has 3 heteroatoms.